The Kier molecular flexibility index (Phi) is 8.95. The second kappa shape index (κ2) is 11.0. The van der Waals surface area contributed by atoms with E-state index in [4.69, 9.17) is 4.74 Å². The number of alkyl halides is 3. The summed E-state index contributed by atoms with van der Waals surface area (Å²) in [6, 6.07) is 5.33. The lowest BCUT2D eigenvalue weighted by atomic mass is 10.0. The van der Waals surface area contributed by atoms with Crippen molar-refractivity contribution in [3.05, 3.63) is 53.3 Å². The number of hydrogen-bond donors (Lipinski definition) is 1. The normalized spacial score (nSPS) is 17.6. The van der Waals surface area contributed by atoms with Crippen molar-refractivity contribution in [3.63, 3.8) is 0 Å². The molecule has 3 rings (SSSR count). The lowest BCUT2D eigenvalue weighted by Crippen LogP contribution is -2.48. The first-order chi connectivity index (χ1) is 13.9. The molecule has 1 aromatic heterocycles. The minimum Gasteiger partial charge on any atom is -0.370 e. The molecular weight excluding hydrogens is 510 g/mol. The number of halogens is 4. The third-order valence-corrected chi connectivity index (χ3v) is 4.77. The zero-order valence-corrected chi connectivity index (χ0v) is 19.4. The van der Waals surface area contributed by atoms with E-state index < -0.39 is 17.8 Å². The van der Waals surface area contributed by atoms with E-state index in [1.807, 2.05) is 28.9 Å². The van der Waals surface area contributed by atoms with Crippen molar-refractivity contribution >= 4 is 29.9 Å². The average Bonchev–Trinajstić information content (AvgIpc) is 3.13. The first kappa shape index (κ1) is 24.4. The SMILES string of the molecule is CN=C(NCCCn1cc(C)cn1)N1CCOC(c2cccc(C(F)(F)F)c2)C1.I. The van der Waals surface area contributed by atoms with E-state index in [2.05, 4.69) is 15.4 Å². The molecule has 2 aromatic rings. The number of hydrogen-bond acceptors (Lipinski definition) is 3. The Balaban J connectivity index is 0.00000320. The first-order valence-corrected chi connectivity index (χ1v) is 9.60. The fraction of sp³-hybridized carbons (Fsp3) is 0.500. The van der Waals surface area contributed by atoms with Gasteiger partial charge >= 0.3 is 6.18 Å². The van der Waals surface area contributed by atoms with Gasteiger partial charge in [0.25, 0.3) is 0 Å². The second-order valence-electron chi connectivity index (χ2n) is 7.04. The Morgan fingerprint density at radius 1 is 1.37 bits per heavy atom. The van der Waals surface area contributed by atoms with Crippen molar-refractivity contribution in [2.24, 2.45) is 4.99 Å². The van der Waals surface area contributed by atoms with E-state index in [9.17, 15) is 13.2 Å². The molecule has 1 atom stereocenters. The number of morpholine rings is 1. The van der Waals surface area contributed by atoms with Crippen molar-refractivity contribution in [1.82, 2.24) is 20.0 Å². The number of ether oxygens (including phenoxy) is 1. The monoisotopic (exact) mass is 537 g/mol. The fourth-order valence-electron chi connectivity index (χ4n) is 3.32. The van der Waals surface area contributed by atoms with Crippen LogP contribution in [0.25, 0.3) is 0 Å². The Morgan fingerprint density at radius 3 is 2.83 bits per heavy atom. The molecule has 1 fully saturated rings. The quantitative estimate of drug-likeness (QED) is 0.273. The molecule has 1 aromatic carbocycles. The first-order valence-electron chi connectivity index (χ1n) is 9.60. The van der Waals surface area contributed by atoms with Crippen LogP contribution >= 0.6 is 24.0 Å². The number of nitrogens with zero attached hydrogens (tertiary/aromatic N) is 4. The smallest absolute Gasteiger partial charge is 0.370 e. The fourth-order valence-corrected chi connectivity index (χ4v) is 3.32. The lowest BCUT2D eigenvalue weighted by Gasteiger charge is -2.35. The molecule has 0 aliphatic carbocycles. The number of aromatic nitrogens is 2. The topological polar surface area (TPSA) is 54.7 Å². The Hall–Kier alpha value is -1.82. The largest absolute Gasteiger partial charge is 0.416 e. The van der Waals surface area contributed by atoms with Crippen LogP contribution in [0, 0.1) is 6.92 Å². The molecule has 1 aliphatic heterocycles. The maximum Gasteiger partial charge on any atom is 0.416 e. The summed E-state index contributed by atoms with van der Waals surface area (Å²) in [5, 5.41) is 7.58. The summed E-state index contributed by atoms with van der Waals surface area (Å²) in [4.78, 5) is 6.34. The molecule has 1 saturated heterocycles. The van der Waals surface area contributed by atoms with E-state index in [1.54, 1.807) is 13.1 Å². The third-order valence-electron chi connectivity index (χ3n) is 4.77. The number of guanidine groups is 1. The summed E-state index contributed by atoms with van der Waals surface area (Å²) in [6.45, 7) is 5.02. The molecule has 0 saturated carbocycles. The van der Waals surface area contributed by atoms with Crippen LogP contribution in [0.4, 0.5) is 13.2 Å². The highest BCUT2D eigenvalue weighted by atomic mass is 127. The molecule has 6 nitrogen and oxygen atoms in total. The Labute approximate surface area is 191 Å². The number of aliphatic imine (C=N–C) groups is 1. The lowest BCUT2D eigenvalue weighted by molar-refractivity contribution is -0.137. The van der Waals surface area contributed by atoms with Crippen molar-refractivity contribution in [1.29, 1.82) is 0 Å². The highest BCUT2D eigenvalue weighted by Gasteiger charge is 2.32. The van der Waals surface area contributed by atoms with Gasteiger partial charge in [-0.05, 0) is 36.6 Å². The van der Waals surface area contributed by atoms with Gasteiger partial charge in [-0.2, -0.15) is 18.3 Å². The average molecular weight is 537 g/mol. The van der Waals surface area contributed by atoms with Crippen LogP contribution < -0.4 is 5.32 Å². The van der Waals surface area contributed by atoms with Gasteiger partial charge in [0.05, 0.1) is 24.9 Å². The minimum atomic E-state index is -4.37. The second-order valence-corrected chi connectivity index (χ2v) is 7.04. The summed E-state index contributed by atoms with van der Waals surface area (Å²) in [5.41, 5.74) is 0.990. The van der Waals surface area contributed by atoms with Gasteiger partial charge in [0.2, 0.25) is 0 Å². The predicted octanol–water partition coefficient (Wildman–Crippen LogP) is 3.87. The van der Waals surface area contributed by atoms with Gasteiger partial charge in [-0.1, -0.05) is 12.1 Å². The molecule has 1 unspecified atom stereocenters. The molecular formula is C20H27F3IN5O. The molecule has 2 heterocycles. The van der Waals surface area contributed by atoms with Crippen LogP contribution in [-0.4, -0.2) is 53.9 Å². The van der Waals surface area contributed by atoms with Crippen LogP contribution in [0.5, 0.6) is 0 Å². The van der Waals surface area contributed by atoms with Crippen molar-refractivity contribution in [3.8, 4) is 0 Å². The molecule has 0 spiro atoms. The molecule has 0 amide bonds. The molecule has 0 radical (unpaired) electrons. The van der Waals surface area contributed by atoms with Gasteiger partial charge in [0, 0.05) is 32.9 Å². The molecule has 166 valence electrons. The van der Waals surface area contributed by atoms with Crippen molar-refractivity contribution in [2.75, 3.05) is 33.3 Å². The van der Waals surface area contributed by atoms with E-state index in [0.717, 1.165) is 43.2 Å². The Morgan fingerprint density at radius 2 is 2.17 bits per heavy atom. The predicted molar refractivity (Wildman–Crippen MR) is 120 cm³/mol. The number of nitrogens with one attached hydrogen (secondary N) is 1. The molecule has 30 heavy (non-hydrogen) atoms. The number of benzene rings is 1. The number of aryl methyl sites for hydroxylation is 2. The van der Waals surface area contributed by atoms with E-state index in [1.165, 1.54) is 6.07 Å². The summed E-state index contributed by atoms with van der Waals surface area (Å²) < 4.78 is 46.7. The van der Waals surface area contributed by atoms with E-state index in [0.29, 0.717) is 25.3 Å². The van der Waals surface area contributed by atoms with Gasteiger partial charge < -0.3 is 15.0 Å². The van der Waals surface area contributed by atoms with Gasteiger partial charge in [-0.25, -0.2) is 0 Å². The van der Waals surface area contributed by atoms with Crippen LogP contribution in [0.1, 0.15) is 29.2 Å². The summed E-state index contributed by atoms with van der Waals surface area (Å²) in [6.07, 6.45) is -0.0993. The molecule has 0 bridgehead atoms. The maximum atomic E-state index is 13.0. The van der Waals surface area contributed by atoms with Crippen LogP contribution in [0.15, 0.2) is 41.7 Å². The molecule has 1 N–H and O–H groups in total. The van der Waals surface area contributed by atoms with Gasteiger partial charge in [0.15, 0.2) is 5.96 Å². The van der Waals surface area contributed by atoms with Gasteiger partial charge in [-0.15, -0.1) is 24.0 Å². The van der Waals surface area contributed by atoms with E-state index in [-0.39, 0.29) is 24.0 Å². The zero-order valence-electron chi connectivity index (χ0n) is 17.0. The molecule has 10 heteroatoms. The Bertz CT molecular complexity index is 840. The van der Waals surface area contributed by atoms with Crippen molar-refractivity contribution < 1.29 is 17.9 Å². The van der Waals surface area contributed by atoms with Crippen LogP contribution in [0.2, 0.25) is 0 Å². The van der Waals surface area contributed by atoms with Crippen LogP contribution in [-0.2, 0) is 17.5 Å². The summed E-state index contributed by atoms with van der Waals surface area (Å²) in [7, 11) is 1.70. The molecule has 1 aliphatic rings. The summed E-state index contributed by atoms with van der Waals surface area (Å²) in [5.74, 6) is 0.724. The third kappa shape index (κ3) is 6.59. The maximum absolute atomic E-state index is 13.0. The van der Waals surface area contributed by atoms with Gasteiger partial charge in [0.1, 0.15) is 6.10 Å². The van der Waals surface area contributed by atoms with E-state index >= 15 is 0 Å². The van der Waals surface area contributed by atoms with Gasteiger partial charge in [-0.3, -0.25) is 9.67 Å². The zero-order chi connectivity index (χ0) is 20.9. The highest BCUT2D eigenvalue weighted by molar-refractivity contribution is 14.0. The standard InChI is InChI=1S/C20H26F3N5O.HI/c1-15-12-26-28(13-15)8-4-7-25-19(24-2)27-9-10-29-18(14-27)16-5-3-6-17(11-16)20(21,22)23;/h3,5-6,11-13,18H,4,7-10,14H2,1-2H3,(H,24,25);1H. The number of rotatable bonds is 5. The van der Waals surface area contributed by atoms with Crippen LogP contribution in [0.3, 0.4) is 0 Å². The van der Waals surface area contributed by atoms with Crippen molar-refractivity contribution in [2.45, 2.75) is 32.2 Å². The summed E-state index contributed by atoms with van der Waals surface area (Å²) >= 11 is 0. The highest BCUT2D eigenvalue weighted by Crippen LogP contribution is 2.32. The minimum absolute atomic E-state index is 0.